The third-order valence-electron chi connectivity index (χ3n) is 2.38. The van der Waals surface area contributed by atoms with Gasteiger partial charge in [0.1, 0.15) is 6.04 Å². The van der Waals surface area contributed by atoms with E-state index >= 15 is 0 Å². The molecule has 1 unspecified atom stereocenters. The molecular formula is C13H16N4O2. The number of aromatic nitrogens is 1. The van der Waals surface area contributed by atoms with Crippen LogP contribution in [0.5, 0.6) is 0 Å². The summed E-state index contributed by atoms with van der Waals surface area (Å²) < 4.78 is 0. The number of nitrogens with one attached hydrogen (secondary N) is 2. The van der Waals surface area contributed by atoms with Crippen LogP contribution in [-0.2, 0) is 4.79 Å². The highest BCUT2D eigenvalue weighted by Gasteiger charge is 2.16. The van der Waals surface area contributed by atoms with E-state index in [1.54, 1.807) is 13.0 Å². The van der Waals surface area contributed by atoms with Crippen molar-refractivity contribution in [2.45, 2.75) is 13.0 Å². The van der Waals surface area contributed by atoms with E-state index < -0.39 is 6.04 Å². The van der Waals surface area contributed by atoms with Gasteiger partial charge in [-0.3, -0.25) is 14.6 Å². The largest absolute Gasteiger partial charge is 0.357 e. The molecule has 0 radical (unpaired) electrons. The highest BCUT2D eigenvalue weighted by Crippen LogP contribution is 2.05. The number of nitrogens with zero attached hydrogens (tertiary/aromatic N) is 1. The molecule has 1 heterocycles. The Morgan fingerprint density at radius 1 is 1.53 bits per heavy atom. The van der Waals surface area contributed by atoms with Crippen molar-refractivity contribution in [3.63, 3.8) is 0 Å². The van der Waals surface area contributed by atoms with Gasteiger partial charge in [-0.05, 0) is 13.0 Å². The Morgan fingerprint density at radius 3 is 2.89 bits per heavy atom. The number of amides is 2. The average Bonchev–Trinajstić information content (AvgIpc) is 2.44. The molecule has 0 fully saturated rings. The monoisotopic (exact) mass is 260 g/mol. The zero-order valence-electron chi connectivity index (χ0n) is 10.9. The van der Waals surface area contributed by atoms with Crippen LogP contribution in [0.3, 0.4) is 0 Å². The van der Waals surface area contributed by atoms with Crippen molar-refractivity contribution < 1.29 is 9.59 Å². The summed E-state index contributed by atoms with van der Waals surface area (Å²) in [6, 6.07) is 0.924. The van der Waals surface area contributed by atoms with Gasteiger partial charge in [0, 0.05) is 19.4 Å². The highest BCUT2D eigenvalue weighted by molar-refractivity contribution is 5.99. The number of rotatable bonds is 3. The number of carbonyl (C=O) groups is 2. The molecule has 2 amide bonds. The highest BCUT2D eigenvalue weighted by atomic mass is 16.2. The van der Waals surface area contributed by atoms with Crippen molar-refractivity contribution in [1.82, 2.24) is 15.6 Å². The fraction of sp³-hybridized carbons (Fsp3) is 0.308. The van der Waals surface area contributed by atoms with E-state index in [4.69, 9.17) is 5.73 Å². The maximum Gasteiger partial charge on any atom is 0.253 e. The minimum atomic E-state index is -0.624. The minimum Gasteiger partial charge on any atom is -0.357 e. The predicted octanol–water partition coefficient (Wildman–Crippen LogP) is -0.744. The average molecular weight is 260 g/mol. The Morgan fingerprint density at radius 2 is 2.26 bits per heavy atom. The molecule has 100 valence electrons. The molecule has 19 heavy (non-hydrogen) atoms. The number of likely N-dealkylation sites (N-methyl/N-ethyl adjacent to an activating group) is 1. The van der Waals surface area contributed by atoms with Crippen LogP contribution in [0.2, 0.25) is 0 Å². The summed E-state index contributed by atoms with van der Waals surface area (Å²) in [6.45, 7) is 1.80. The lowest BCUT2D eigenvalue weighted by atomic mass is 10.1. The summed E-state index contributed by atoms with van der Waals surface area (Å²) in [5.41, 5.74) is 6.14. The van der Waals surface area contributed by atoms with Gasteiger partial charge in [0.15, 0.2) is 0 Å². The zero-order valence-corrected chi connectivity index (χ0v) is 10.9. The molecular weight excluding hydrogens is 244 g/mol. The van der Waals surface area contributed by atoms with Crippen molar-refractivity contribution in [3.8, 4) is 11.8 Å². The van der Waals surface area contributed by atoms with E-state index in [1.165, 1.54) is 19.4 Å². The maximum atomic E-state index is 12.0. The van der Waals surface area contributed by atoms with Gasteiger partial charge in [0.25, 0.3) is 5.91 Å². The maximum absolute atomic E-state index is 12.0. The quantitative estimate of drug-likeness (QED) is 0.623. The molecule has 0 aliphatic heterocycles. The van der Waals surface area contributed by atoms with E-state index in [0.717, 1.165) is 0 Å². The second kappa shape index (κ2) is 7.13. The Bertz CT molecular complexity index is 531. The molecule has 0 saturated heterocycles. The van der Waals surface area contributed by atoms with Gasteiger partial charge in [-0.25, -0.2) is 0 Å². The molecule has 1 rings (SSSR count). The third kappa shape index (κ3) is 4.08. The molecule has 1 atom stereocenters. The SMILES string of the molecule is CNC(=O)C(C)NC(=O)c1ccncc1C#CCN. The Labute approximate surface area is 111 Å². The van der Waals surface area contributed by atoms with E-state index in [1.807, 2.05) is 0 Å². The summed E-state index contributed by atoms with van der Waals surface area (Å²) in [6.07, 6.45) is 2.98. The molecule has 6 heteroatoms. The van der Waals surface area contributed by atoms with Gasteiger partial charge in [0.05, 0.1) is 17.7 Å². The standard InChI is InChI=1S/C13H16N4O2/c1-9(12(18)15-2)17-13(19)11-5-7-16-8-10(11)4-3-6-14/h5,7-9H,6,14H2,1-2H3,(H,15,18)(H,17,19). The van der Waals surface area contributed by atoms with E-state index in [0.29, 0.717) is 11.1 Å². The molecule has 1 aromatic rings. The fourth-order valence-electron chi connectivity index (χ4n) is 1.39. The summed E-state index contributed by atoms with van der Waals surface area (Å²) in [4.78, 5) is 27.3. The van der Waals surface area contributed by atoms with Crippen LogP contribution >= 0.6 is 0 Å². The molecule has 0 saturated carbocycles. The summed E-state index contributed by atoms with van der Waals surface area (Å²) in [5, 5.41) is 5.05. The van der Waals surface area contributed by atoms with Crippen molar-refractivity contribution in [2.24, 2.45) is 5.73 Å². The number of nitrogens with two attached hydrogens (primary N) is 1. The number of hydrogen-bond acceptors (Lipinski definition) is 4. The molecule has 0 aromatic carbocycles. The number of hydrogen-bond donors (Lipinski definition) is 3. The predicted molar refractivity (Wildman–Crippen MR) is 71.2 cm³/mol. The van der Waals surface area contributed by atoms with Crippen LogP contribution in [0, 0.1) is 11.8 Å². The Kier molecular flexibility index (Phi) is 5.51. The number of carbonyl (C=O) groups excluding carboxylic acids is 2. The lowest BCUT2D eigenvalue weighted by molar-refractivity contribution is -0.122. The van der Waals surface area contributed by atoms with Gasteiger partial charge in [-0.2, -0.15) is 0 Å². The first kappa shape index (κ1) is 14.7. The molecule has 0 aliphatic carbocycles. The van der Waals surface area contributed by atoms with Crippen LogP contribution in [-0.4, -0.2) is 36.4 Å². The fourth-order valence-corrected chi connectivity index (χ4v) is 1.39. The van der Waals surface area contributed by atoms with Gasteiger partial charge in [-0.1, -0.05) is 11.8 Å². The van der Waals surface area contributed by atoms with Gasteiger partial charge < -0.3 is 16.4 Å². The van der Waals surface area contributed by atoms with Crippen LogP contribution in [0.15, 0.2) is 18.5 Å². The Balaban J connectivity index is 2.91. The van der Waals surface area contributed by atoms with Gasteiger partial charge >= 0.3 is 0 Å². The van der Waals surface area contributed by atoms with E-state index in [-0.39, 0.29) is 18.4 Å². The van der Waals surface area contributed by atoms with Crippen LogP contribution in [0.4, 0.5) is 0 Å². The first-order valence-electron chi connectivity index (χ1n) is 5.75. The molecule has 0 aliphatic rings. The second-order valence-corrected chi connectivity index (χ2v) is 3.74. The van der Waals surface area contributed by atoms with Crippen molar-refractivity contribution in [1.29, 1.82) is 0 Å². The van der Waals surface area contributed by atoms with Gasteiger partial charge in [0.2, 0.25) is 5.91 Å². The van der Waals surface area contributed by atoms with Crippen LogP contribution in [0.25, 0.3) is 0 Å². The first-order chi connectivity index (χ1) is 9.10. The minimum absolute atomic E-state index is 0.199. The molecule has 6 nitrogen and oxygen atoms in total. The van der Waals surface area contributed by atoms with Crippen molar-refractivity contribution in [3.05, 3.63) is 29.6 Å². The van der Waals surface area contributed by atoms with Gasteiger partial charge in [-0.15, -0.1) is 0 Å². The normalized spacial score (nSPS) is 10.9. The molecule has 1 aromatic heterocycles. The summed E-state index contributed by atoms with van der Waals surface area (Å²) in [5.74, 6) is 4.80. The molecule has 0 bridgehead atoms. The molecule has 0 spiro atoms. The third-order valence-corrected chi connectivity index (χ3v) is 2.38. The zero-order chi connectivity index (χ0) is 14.3. The van der Waals surface area contributed by atoms with E-state index in [9.17, 15) is 9.59 Å². The topological polar surface area (TPSA) is 97.1 Å². The second-order valence-electron chi connectivity index (χ2n) is 3.74. The first-order valence-corrected chi connectivity index (χ1v) is 5.75. The van der Waals surface area contributed by atoms with Crippen molar-refractivity contribution in [2.75, 3.05) is 13.6 Å². The number of pyridine rings is 1. The Hall–Kier alpha value is -2.39. The molecule has 4 N–H and O–H groups in total. The van der Waals surface area contributed by atoms with Crippen LogP contribution < -0.4 is 16.4 Å². The van der Waals surface area contributed by atoms with E-state index in [2.05, 4.69) is 27.5 Å². The van der Waals surface area contributed by atoms with Crippen LogP contribution in [0.1, 0.15) is 22.8 Å². The van der Waals surface area contributed by atoms with Crippen molar-refractivity contribution >= 4 is 11.8 Å². The summed E-state index contributed by atoms with van der Waals surface area (Å²) in [7, 11) is 1.51. The smallest absolute Gasteiger partial charge is 0.253 e. The lowest BCUT2D eigenvalue weighted by Gasteiger charge is -2.12. The lowest BCUT2D eigenvalue weighted by Crippen LogP contribution is -2.43. The summed E-state index contributed by atoms with van der Waals surface area (Å²) >= 11 is 0.